The first-order chi connectivity index (χ1) is 11.2. The van der Waals surface area contributed by atoms with E-state index in [4.69, 9.17) is 0 Å². The van der Waals surface area contributed by atoms with Crippen molar-refractivity contribution in [2.75, 3.05) is 37.6 Å². The molecule has 3 rings (SSSR count). The van der Waals surface area contributed by atoms with E-state index >= 15 is 0 Å². The van der Waals surface area contributed by atoms with Gasteiger partial charge in [-0.3, -0.25) is 4.79 Å². The van der Waals surface area contributed by atoms with Crippen LogP contribution in [-0.4, -0.2) is 49.6 Å². The Labute approximate surface area is 139 Å². The SMILES string of the molecule is CCCC(=O)N1c2ccc(CCN3CCNCC3)cc2CC1C. The Morgan fingerprint density at radius 1 is 1.30 bits per heavy atom. The Morgan fingerprint density at radius 2 is 2.09 bits per heavy atom. The van der Waals surface area contributed by atoms with Gasteiger partial charge in [0.2, 0.25) is 5.91 Å². The van der Waals surface area contributed by atoms with Gasteiger partial charge >= 0.3 is 0 Å². The molecule has 2 aliphatic heterocycles. The van der Waals surface area contributed by atoms with Gasteiger partial charge in [-0.25, -0.2) is 0 Å². The first-order valence-electron chi connectivity index (χ1n) is 9.06. The average Bonchev–Trinajstić information content (AvgIpc) is 2.89. The number of piperazine rings is 1. The zero-order chi connectivity index (χ0) is 16.2. The molecule has 1 atom stereocenters. The van der Waals surface area contributed by atoms with E-state index in [1.807, 2.05) is 4.90 Å². The summed E-state index contributed by atoms with van der Waals surface area (Å²) in [5.41, 5.74) is 3.89. The van der Waals surface area contributed by atoms with Crippen LogP contribution in [0.5, 0.6) is 0 Å². The highest BCUT2D eigenvalue weighted by atomic mass is 16.2. The first-order valence-corrected chi connectivity index (χ1v) is 9.06. The molecular weight excluding hydrogens is 286 g/mol. The van der Waals surface area contributed by atoms with Crippen molar-refractivity contribution < 1.29 is 4.79 Å². The summed E-state index contributed by atoms with van der Waals surface area (Å²) in [4.78, 5) is 16.9. The van der Waals surface area contributed by atoms with Crippen molar-refractivity contribution in [3.05, 3.63) is 29.3 Å². The number of carbonyl (C=O) groups is 1. The maximum absolute atomic E-state index is 12.3. The minimum atomic E-state index is 0.271. The van der Waals surface area contributed by atoms with E-state index in [-0.39, 0.29) is 5.91 Å². The molecule has 2 heterocycles. The number of fused-ring (bicyclic) bond motifs is 1. The Balaban J connectivity index is 1.65. The number of amides is 1. The number of nitrogens with zero attached hydrogens (tertiary/aromatic N) is 2. The summed E-state index contributed by atoms with van der Waals surface area (Å²) in [5.74, 6) is 0.271. The Hall–Kier alpha value is -1.39. The fourth-order valence-corrected chi connectivity index (χ4v) is 3.78. The standard InChI is InChI=1S/C19H29N3O/c1-3-4-19(23)22-15(2)13-17-14-16(5-6-18(17)22)7-10-21-11-8-20-9-12-21/h5-6,14-15,20H,3-4,7-13H2,1-2H3. The van der Waals surface area contributed by atoms with E-state index in [0.717, 1.165) is 57.7 Å². The van der Waals surface area contributed by atoms with Crippen LogP contribution in [0.15, 0.2) is 18.2 Å². The van der Waals surface area contributed by atoms with Crippen LogP contribution in [0.25, 0.3) is 0 Å². The fourth-order valence-electron chi connectivity index (χ4n) is 3.78. The zero-order valence-electron chi connectivity index (χ0n) is 14.5. The summed E-state index contributed by atoms with van der Waals surface area (Å²) in [6, 6.07) is 7.00. The second-order valence-electron chi connectivity index (χ2n) is 6.87. The summed E-state index contributed by atoms with van der Waals surface area (Å²) >= 11 is 0. The number of anilines is 1. The maximum atomic E-state index is 12.3. The van der Waals surface area contributed by atoms with Crippen LogP contribution in [0.2, 0.25) is 0 Å². The zero-order valence-corrected chi connectivity index (χ0v) is 14.5. The van der Waals surface area contributed by atoms with E-state index in [0.29, 0.717) is 12.5 Å². The summed E-state index contributed by atoms with van der Waals surface area (Å²) < 4.78 is 0. The Bertz CT molecular complexity index is 552. The third-order valence-electron chi connectivity index (χ3n) is 5.02. The van der Waals surface area contributed by atoms with E-state index in [9.17, 15) is 4.79 Å². The topological polar surface area (TPSA) is 35.6 Å². The van der Waals surface area contributed by atoms with Crippen molar-refractivity contribution in [2.24, 2.45) is 0 Å². The van der Waals surface area contributed by atoms with Crippen LogP contribution >= 0.6 is 0 Å². The van der Waals surface area contributed by atoms with Gasteiger partial charge in [0.25, 0.3) is 0 Å². The third-order valence-corrected chi connectivity index (χ3v) is 5.02. The predicted octanol–water partition coefficient (Wildman–Crippen LogP) is 2.21. The van der Waals surface area contributed by atoms with Crippen LogP contribution in [0.1, 0.15) is 37.8 Å². The molecule has 0 spiro atoms. The van der Waals surface area contributed by atoms with Gasteiger partial charge in [-0.2, -0.15) is 0 Å². The van der Waals surface area contributed by atoms with Gasteiger partial charge in [-0.15, -0.1) is 0 Å². The van der Waals surface area contributed by atoms with Crippen molar-refractivity contribution in [2.45, 2.75) is 45.6 Å². The minimum Gasteiger partial charge on any atom is -0.314 e. The van der Waals surface area contributed by atoms with E-state index in [1.165, 1.54) is 11.1 Å². The highest BCUT2D eigenvalue weighted by Gasteiger charge is 2.30. The largest absolute Gasteiger partial charge is 0.314 e. The maximum Gasteiger partial charge on any atom is 0.227 e. The average molecular weight is 315 g/mol. The van der Waals surface area contributed by atoms with Crippen molar-refractivity contribution in [1.82, 2.24) is 10.2 Å². The predicted molar refractivity (Wildman–Crippen MR) is 95.0 cm³/mol. The second-order valence-corrected chi connectivity index (χ2v) is 6.87. The highest BCUT2D eigenvalue weighted by molar-refractivity contribution is 5.96. The number of carbonyl (C=O) groups excluding carboxylic acids is 1. The van der Waals surface area contributed by atoms with Crippen molar-refractivity contribution in [1.29, 1.82) is 0 Å². The van der Waals surface area contributed by atoms with Gasteiger partial charge in [0.15, 0.2) is 0 Å². The van der Waals surface area contributed by atoms with Crippen molar-refractivity contribution in [3.63, 3.8) is 0 Å². The lowest BCUT2D eigenvalue weighted by atomic mass is 10.0. The molecule has 1 N–H and O–H groups in total. The number of nitrogens with one attached hydrogen (secondary N) is 1. The molecule has 1 amide bonds. The van der Waals surface area contributed by atoms with Gasteiger partial charge in [-0.1, -0.05) is 19.1 Å². The van der Waals surface area contributed by atoms with E-state index in [2.05, 4.69) is 42.3 Å². The molecule has 1 unspecified atom stereocenters. The molecule has 4 heteroatoms. The molecule has 0 aromatic heterocycles. The fraction of sp³-hybridized carbons (Fsp3) is 0.632. The molecule has 4 nitrogen and oxygen atoms in total. The summed E-state index contributed by atoms with van der Waals surface area (Å²) in [5, 5.41) is 3.40. The second kappa shape index (κ2) is 7.45. The van der Waals surface area contributed by atoms with Crippen LogP contribution in [0, 0.1) is 0 Å². The van der Waals surface area contributed by atoms with Crippen LogP contribution in [-0.2, 0) is 17.6 Å². The van der Waals surface area contributed by atoms with Gasteiger partial charge in [0.05, 0.1) is 0 Å². The number of hydrogen-bond donors (Lipinski definition) is 1. The molecule has 0 saturated carbocycles. The lowest BCUT2D eigenvalue weighted by Gasteiger charge is -2.27. The van der Waals surface area contributed by atoms with Crippen LogP contribution in [0.4, 0.5) is 5.69 Å². The van der Waals surface area contributed by atoms with Crippen LogP contribution in [0.3, 0.4) is 0 Å². The summed E-state index contributed by atoms with van der Waals surface area (Å²) in [7, 11) is 0. The van der Waals surface area contributed by atoms with Crippen LogP contribution < -0.4 is 10.2 Å². The smallest absolute Gasteiger partial charge is 0.227 e. The van der Waals surface area contributed by atoms with Gasteiger partial charge in [0.1, 0.15) is 0 Å². The molecule has 2 aliphatic rings. The third kappa shape index (κ3) is 3.75. The molecule has 1 aromatic carbocycles. The molecule has 23 heavy (non-hydrogen) atoms. The highest BCUT2D eigenvalue weighted by Crippen LogP contribution is 2.33. The molecule has 1 saturated heterocycles. The van der Waals surface area contributed by atoms with Gasteiger partial charge < -0.3 is 15.1 Å². The molecule has 126 valence electrons. The first kappa shape index (κ1) is 16.5. The number of benzene rings is 1. The Morgan fingerprint density at radius 3 is 2.83 bits per heavy atom. The summed E-state index contributed by atoms with van der Waals surface area (Å²) in [6.45, 7) is 9.89. The molecule has 1 aromatic rings. The number of hydrogen-bond acceptors (Lipinski definition) is 3. The summed E-state index contributed by atoms with van der Waals surface area (Å²) in [6.07, 6.45) is 3.66. The molecule has 0 aliphatic carbocycles. The molecule has 0 bridgehead atoms. The lowest BCUT2D eigenvalue weighted by molar-refractivity contribution is -0.118. The molecule has 1 fully saturated rings. The quantitative estimate of drug-likeness (QED) is 0.905. The Kier molecular flexibility index (Phi) is 5.34. The normalized spacial score (nSPS) is 21.5. The number of rotatable bonds is 5. The van der Waals surface area contributed by atoms with E-state index in [1.54, 1.807) is 0 Å². The lowest BCUT2D eigenvalue weighted by Crippen LogP contribution is -2.44. The van der Waals surface area contributed by atoms with Crippen molar-refractivity contribution >= 4 is 11.6 Å². The monoisotopic (exact) mass is 315 g/mol. The minimum absolute atomic E-state index is 0.271. The van der Waals surface area contributed by atoms with Gasteiger partial charge in [0, 0.05) is 50.9 Å². The molecule has 0 radical (unpaired) electrons. The molecular formula is C19H29N3O. The van der Waals surface area contributed by atoms with Gasteiger partial charge in [-0.05, 0) is 43.4 Å². The van der Waals surface area contributed by atoms with Crippen molar-refractivity contribution in [3.8, 4) is 0 Å². The van der Waals surface area contributed by atoms with E-state index < -0.39 is 0 Å².